The van der Waals surface area contributed by atoms with Crippen molar-refractivity contribution in [3.8, 4) is 0 Å². The monoisotopic (exact) mass is 316 g/mol. The molecule has 114 valence electrons. The maximum atomic E-state index is 11.9. The van der Waals surface area contributed by atoms with Gasteiger partial charge in [0.2, 0.25) is 0 Å². The Morgan fingerprint density at radius 2 is 1.95 bits per heavy atom. The Balaban J connectivity index is 1.78. The van der Waals surface area contributed by atoms with Crippen molar-refractivity contribution < 1.29 is 14.3 Å². The Bertz CT molecular complexity index is 630. The number of nitrogens with zero attached hydrogens (tertiary/aromatic N) is 1. The van der Waals surface area contributed by atoms with E-state index in [4.69, 9.17) is 0 Å². The lowest BCUT2D eigenvalue weighted by Crippen LogP contribution is -2.26. The number of pyridine rings is 1. The summed E-state index contributed by atoms with van der Waals surface area (Å²) < 4.78 is 4.58. The summed E-state index contributed by atoms with van der Waals surface area (Å²) in [5, 5.41) is 2.79. The average Bonchev–Trinajstić information content (AvgIpc) is 2.59. The van der Waals surface area contributed by atoms with E-state index in [-0.39, 0.29) is 11.6 Å². The maximum Gasteiger partial charge on any atom is 0.339 e. The van der Waals surface area contributed by atoms with Crippen molar-refractivity contribution in [3.63, 3.8) is 0 Å². The molecule has 1 aromatic carbocycles. The number of hydrogen-bond acceptors (Lipinski definition) is 5. The summed E-state index contributed by atoms with van der Waals surface area (Å²) in [4.78, 5) is 28.3. The third-order valence-corrected chi connectivity index (χ3v) is 3.83. The first-order valence-corrected chi connectivity index (χ1v) is 7.69. The Morgan fingerprint density at radius 3 is 2.59 bits per heavy atom. The van der Waals surface area contributed by atoms with Crippen LogP contribution in [-0.2, 0) is 4.74 Å². The lowest BCUT2D eigenvalue weighted by atomic mass is 10.2. The van der Waals surface area contributed by atoms with Gasteiger partial charge in [-0.25, -0.2) is 4.79 Å². The van der Waals surface area contributed by atoms with Gasteiger partial charge in [-0.15, -0.1) is 11.8 Å². The second-order valence-corrected chi connectivity index (χ2v) is 5.51. The number of aromatic nitrogens is 1. The minimum absolute atomic E-state index is 0.259. The number of hydrogen-bond donors (Lipinski definition) is 1. The van der Waals surface area contributed by atoms with Crippen LogP contribution in [0.1, 0.15) is 20.8 Å². The summed E-state index contributed by atoms with van der Waals surface area (Å²) in [5.41, 5.74) is 0.594. The molecule has 0 aliphatic heterocycles. The minimum Gasteiger partial charge on any atom is -0.465 e. The Morgan fingerprint density at radius 1 is 1.18 bits per heavy atom. The van der Waals surface area contributed by atoms with E-state index in [0.717, 1.165) is 10.6 Å². The van der Waals surface area contributed by atoms with Gasteiger partial charge in [0.05, 0.1) is 12.7 Å². The first-order chi connectivity index (χ1) is 10.7. The number of esters is 1. The fourth-order valence-corrected chi connectivity index (χ4v) is 2.50. The number of carbonyl (C=O) groups excluding carboxylic acids is 2. The van der Waals surface area contributed by atoms with Gasteiger partial charge in [0.25, 0.3) is 5.91 Å². The van der Waals surface area contributed by atoms with Crippen LogP contribution in [0.2, 0.25) is 0 Å². The van der Waals surface area contributed by atoms with Gasteiger partial charge < -0.3 is 10.1 Å². The number of amides is 1. The van der Waals surface area contributed by atoms with Crippen molar-refractivity contribution in [1.29, 1.82) is 0 Å². The Kier molecular flexibility index (Phi) is 5.97. The fourth-order valence-electron chi connectivity index (χ4n) is 1.71. The molecular weight excluding hydrogens is 300 g/mol. The van der Waals surface area contributed by atoms with Crippen molar-refractivity contribution in [1.82, 2.24) is 10.3 Å². The lowest BCUT2D eigenvalue weighted by molar-refractivity contribution is 0.0599. The standard InChI is InChI=1S/C16H16N2O3S/c1-21-16(20)12-7-8-14(18-11-12)15(19)17-9-10-22-13-5-3-2-4-6-13/h2-8,11H,9-10H2,1H3,(H,17,19). The smallest absolute Gasteiger partial charge is 0.339 e. The molecule has 1 N–H and O–H groups in total. The van der Waals surface area contributed by atoms with Crippen molar-refractivity contribution in [3.05, 3.63) is 59.9 Å². The van der Waals surface area contributed by atoms with E-state index in [0.29, 0.717) is 12.1 Å². The maximum absolute atomic E-state index is 11.9. The van der Waals surface area contributed by atoms with Gasteiger partial charge in [-0.05, 0) is 24.3 Å². The minimum atomic E-state index is -0.473. The molecule has 0 aliphatic rings. The van der Waals surface area contributed by atoms with Crippen LogP contribution in [-0.4, -0.2) is 36.3 Å². The van der Waals surface area contributed by atoms with Crippen LogP contribution >= 0.6 is 11.8 Å². The molecule has 0 radical (unpaired) electrons. The first-order valence-electron chi connectivity index (χ1n) is 6.71. The molecule has 0 atom stereocenters. The molecule has 22 heavy (non-hydrogen) atoms. The Labute approximate surface area is 133 Å². The SMILES string of the molecule is COC(=O)c1ccc(C(=O)NCCSc2ccccc2)nc1. The van der Waals surface area contributed by atoms with Crippen molar-refractivity contribution in [2.24, 2.45) is 0 Å². The van der Waals surface area contributed by atoms with E-state index < -0.39 is 5.97 Å². The summed E-state index contributed by atoms with van der Waals surface area (Å²) in [6.45, 7) is 0.541. The van der Waals surface area contributed by atoms with Crippen LogP contribution in [0.15, 0.2) is 53.6 Å². The zero-order chi connectivity index (χ0) is 15.8. The molecule has 1 aromatic heterocycles. The van der Waals surface area contributed by atoms with Crippen LogP contribution in [0.4, 0.5) is 0 Å². The highest BCUT2D eigenvalue weighted by atomic mass is 32.2. The number of methoxy groups -OCH3 is 1. The quantitative estimate of drug-likeness (QED) is 0.503. The average molecular weight is 316 g/mol. The molecule has 1 heterocycles. The number of benzene rings is 1. The van der Waals surface area contributed by atoms with E-state index in [9.17, 15) is 9.59 Å². The summed E-state index contributed by atoms with van der Waals surface area (Å²) in [6.07, 6.45) is 1.33. The molecule has 6 heteroatoms. The highest BCUT2D eigenvalue weighted by Gasteiger charge is 2.09. The molecule has 0 saturated carbocycles. The number of rotatable bonds is 6. The topological polar surface area (TPSA) is 68.3 Å². The first kappa shape index (κ1) is 16.0. The van der Waals surface area contributed by atoms with Gasteiger partial charge in [0.15, 0.2) is 0 Å². The molecular formula is C16H16N2O3S. The normalized spacial score (nSPS) is 10.0. The zero-order valence-electron chi connectivity index (χ0n) is 12.1. The van der Waals surface area contributed by atoms with E-state index >= 15 is 0 Å². The van der Waals surface area contributed by atoms with Crippen LogP contribution in [0.25, 0.3) is 0 Å². The highest BCUT2D eigenvalue weighted by molar-refractivity contribution is 7.99. The highest BCUT2D eigenvalue weighted by Crippen LogP contribution is 2.15. The van der Waals surface area contributed by atoms with Crippen molar-refractivity contribution >= 4 is 23.6 Å². The van der Waals surface area contributed by atoms with Gasteiger partial charge in [-0.3, -0.25) is 9.78 Å². The molecule has 5 nitrogen and oxygen atoms in total. The van der Waals surface area contributed by atoms with Crippen LogP contribution in [0, 0.1) is 0 Å². The largest absolute Gasteiger partial charge is 0.465 e. The molecule has 2 aromatic rings. The van der Waals surface area contributed by atoms with Gasteiger partial charge in [0.1, 0.15) is 5.69 Å². The number of carbonyl (C=O) groups is 2. The molecule has 0 spiro atoms. The number of ether oxygens (including phenoxy) is 1. The Hall–Kier alpha value is -2.34. The van der Waals surface area contributed by atoms with Gasteiger partial charge in [-0.2, -0.15) is 0 Å². The predicted octanol–water partition coefficient (Wildman–Crippen LogP) is 2.39. The molecule has 2 rings (SSSR count). The van der Waals surface area contributed by atoms with Gasteiger partial charge in [0, 0.05) is 23.4 Å². The molecule has 0 unspecified atom stereocenters. The summed E-state index contributed by atoms with van der Waals surface area (Å²) in [5.74, 6) is 0.0412. The second kappa shape index (κ2) is 8.19. The third-order valence-electron chi connectivity index (χ3n) is 2.82. The van der Waals surface area contributed by atoms with Crippen LogP contribution in [0.3, 0.4) is 0 Å². The van der Waals surface area contributed by atoms with Gasteiger partial charge in [-0.1, -0.05) is 18.2 Å². The lowest BCUT2D eigenvalue weighted by Gasteiger charge is -2.05. The number of thioether (sulfide) groups is 1. The van der Waals surface area contributed by atoms with E-state index in [1.165, 1.54) is 25.4 Å². The van der Waals surface area contributed by atoms with Gasteiger partial charge >= 0.3 is 5.97 Å². The number of nitrogens with one attached hydrogen (secondary N) is 1. The van der Waals surface area contributed by atoms with E-state index in [1.807, 2.05) is 30.3 Å². The molecule has 0 aliphatic carbocycles. The second-order valence-electron chi connectivity index (χ2n) is 4.34. The summed E-state index contributed by atoms with van der Waals surface area (Å²) >= 11 is 1.67. The van der Waals surface area contributed by atoms with Crippen molar-refractivity contribution in [2.45, 2.75) is 4.90 Å². The predicted molar refractivity (Wildman–Crippen MR) is 85.1 cm³/mol. The van der Waals surface area contributed by atoms with E-state index in [1.54, 1.807) is 11.8 Å². The van der Waals surface area contributed by atoms with E-state index in [2.05, 4.69) is 15.0 Å². The molecule has 0 fully saturated rings. The third kappa shape index (κ3) is 4.60. The zero-order valence-corrected chi connectivity index (χ0v) is 12.9. The van der Waals surface area contributed by atoms with Crippen LogP contribution in [0.5, 0.6) is 0 Å². The molecule has 0 saturated heterocycles. The van der Waals surface area contributed by atoms with Crippen LogP contribution < -0.4 is 5.32 Å². The fraction of sp³-hybridized carbons (Fsp3) is 0.188. The molecule has 1 amide bonds. The van der Waals surface area contributed by atoms with Crippen molar-refractivity contribution in [2.75, 3.05) is 19.4 Å². The molecule has 0 bridgehead atoms. The summed E-state index contributed by atoms with van der Waals surface area (Å²) in [7, 11) is 1.30. The summed E-state index contributed by atoms with van der Waals surface area (Å²) in [6, 6.07) is 13.0.